The summed E-state index contributed by atoms with van der Waals surface area (Å²) in [7, 11) is 1.76. The summed E-state index contributed by atoms with van der Waals surface area (Å²) < 4.78 is 5.06. The zero-order chi connectivity index (χ0) is 14.1. The Labute approximate surface area is 122 Å². The van der Waals surface area contributed by atoms with Gasteiger partial charge >= 0.3 is 0 Å². The third kappa shape index (κ3) is 6.42. The van der Waals surface area contributed by atoms with Crippen LogP contribution < -0.4 is 5.32 Å². The van der Waals surface area contributed by atoms with Gasteiger partial charge in [0, 0.05) is 25.0 Å². The summed E-state index contributed by atoms with van der Waals surface area (Å²) in [5, 5.41) is 3.21. The van der Waals surface area contributed by atoms with Gasteiger partial charge in [0.1, 0.15) is 0 Å². The molecule has 108 valence electrons. The first-order chi connectivity index (χ1) is 9.15. The van der Waals surface area contributed by atoms with Crippen molar-refractivity contribution in [2.75, 3.05) is 26.8 Å². The summed E-state index contributed by atoms with van der Waals surface area (Å²) in [6, 6.07) is 8.32. The van der Waals surface area contributed by atoms with Crippen molar-refractivity contribution in [2.24, 2.45) is 5.92 Å². The first-order valence-corrected chi connectivity index (χ1v) is 7.59. The van der Waals surface area contributed by atoms with E-state index in [1.165, 1.54) is 18.5 Å². The van der Waals surface area contributed by atoms with Crippen LogP contribution in [0.2, 0.25) is 5.02 Å². The monoisotopic (exact) mass is 284 g/mol. The topological polar surface area (TPSA) is 25.8 Å². The molecule has 0 spiro atoms. The van der Waals surface area contributed by atoms with Crippen molar-refractivity contribution in [3.8, 4) is 0 Å². The van der Waals surface area contributed by atoms with Gasteiger partial charge in [0.15, 0.2) is 0 Å². The van der Waals surface area contributed by atoms with E-state index in [9.17, 15) is 0 Å². The van der Waals surface area contributed by atoms with E-state index < -0.39 is 0 Å². The zero-order valence-corrected chi connectivity index (χ0v) is 13.1. The second-order valence-electron chi connectivity index (χ2n) is 5.40. The van der Waals surface area contributed by atoms with E-state index in [4.69, 9.17) is 16.3 Å². The van der Waals surface area contributed by atoms with Gasteiger partial charge in [-0.15, -0.1) is 0 Å². The number of rotatable bonds is 9. The van der Waals surface area contributed by atoms with E-state index in [0.717, 1.165) is 24.6 Å². The molecular formula is C16H27ClNO+. The van der Waals surface area contributed by atoms with Gasteiger partial charge in [0.25, 0.3) is 0 Å². The van der Waals surface area contributed by atoms with Gasteiger partial charge in [-0.2, -0.15) is 0 Å². The molecule has 0 heterocycles. The third-order valence-electron chi connectivity index (χ3n) is 3.54. The lowest BCUT2D eigenvalue weighted by Crippen LogP contribution is -2.84. The molecule has 1 aromatic rings. The minimum Gasteiger partial charge on any atom is -0.384 e. The van der Waals surface area contributed by atoms with Crippen molar-refractivity contribution in [2.45, 2.75) is 32.6 Å². The molecule has 0 amide bonds. The van der Waals surface area contributed by atoms with E-state index in [2.05, 4.69) is 31.3 Å². The predicted molar refractivity (Wildman–Crippen MR) is 81.8 cm³/mol. The average Bonchev–Trinajstić information content (AvgIpc) is 2.39. The van der Waals surface area contributed by atoms with Crippen LogP contribution in [0.4, 0.5) is 0 Å². The van der Waals surface area contributed by atoms with E-state index >= 15 is 0 Å². The second kappa shape index (κ2) is 9.35. The lowest BCUT2D eigenvalue weighted by molar-refractivity contribution is -0.655. The molecule has 0 aliphatic heterocycles. The van der Waals surface area contributed by atoms with Gasteiger partial charge < -0.3 is 10.1 Å². The summed E-state index contributed by atoms with van der Waals surface area (Å²) in [6.07, 6.45) is 2.34. The molecule has 0 unspecified atom stereocenters. The van der Waals surface area contributed by atoms with Crippen LogP contribution in [0.1, 0.15) is 38.2 Å². The third-order valence-corrected chi connectivity index (χ3v) is 3.79. The van der Waals surface area contributed by atoms with Crippen molar-refractivity contribution >= 4 is 11.6 Å². The quantitative estimate of drug-likeness (QED) is 0.693. The number of ether oxygens (including phenoxy) is 1. The Hall–Kier alpha value is -0.570. The van der Waals surface area contributed by atoms with Crippen LogP contribution in [0.15, 0.2) is 24.3 Å². The lowest BCUT2D eigenvalue weighted by Gasteiger charge is -2.20. The predicted octanol–water partition coefficient (Wildman–Crippen LogP) is 3.07. The maximum atomic E-state index is 5.95. The maximum absolute atomic E-state index is 5.95. The maximum Gasteiger partial charge on any atom is 0.0777 e. The summed E-state index contributed by atoms with van der Waals surface area (Å²) in [4.78, 5) is 0. The van der Waals surface area contributed by atoms with Crippen LogP contribution >= 0.6 is 11.6 Å². The normalized spacial score (nSPS) is 12.9. The van der Waals surface area contributed by atoms with Gasteiger partial charge in [-0.25, -0.2) is 0 Å². The summed E-state index contributed by atoms with van der Waals surface area (Å²) in [5.41, 5.74) is 1.41. The van der Waals surface area contributed by atoms with Crippen molar-refractivity contribution in [1.29, 1.82) is 0 Å². The van der Waals surface area contributed by atoms with Gasteiger partial charge in [-0.3, -0.25) is 0 Å². The molecule has 19 heavy (non-hydrogen) atoms. The van der Waals surface area contributed by atoms with Crippen LogP contribution in [0.5, 0.6) is 0 Å². The standard InChI is InChI=1S/C16H26ClNO/c1-13(2)16(9-11-18-10-4-12-19-3)14-5-7-15(17)8-6-14/h5-8,13,16,18H,4,9-12H2,1-3H3/p+1/t16-/m1/s1. The zero-order valence-electron chi connectivity index (χ0n) is 12.4. The van der Waals surface area contributed by atoms with Crippen molar-refractivity contribution in [1.82, 2.24) is 0 Å². The molecule has 2 nitrogen and oxygen atoms in total. The number of hydrogen-bond acceptors (Lipinski definition) is 1. The Morgan fingerprint density at radius 2 is 1.84 bits per heavy atom. The Bertz CT molecular complexity index is 337. The molecule has 0 radical (unpaired) electrons. The highest BCUT2D eigenvalue weighted by Crippen LogP contribution is 2.28. The molecule has 1 rings (SSSR count). The number of halogens is 1. The largest absolute Gasteiger partial charge is 0.384 e. The van der Waals surface area contributed by atoms with E-state index in [0.29, 0.717) is 11.8 Å². The molecule has 0 saturated heterocycles. The molecule has 0 aliphatic carbocycles. The molecule has 2 N–H and O–H groups in total. The molecule has 0 bridgehead atoms. The fourth-order valence-electron chi connectivity index (χ4n) is 2.41. The van der Waals surface area contributed by atoms with Crippen LogP contribution in [0, 0.1) is 5.92 Å². The highest BCUT2D eigenvalue weighted by molar-refractivity contribution is 6.30. The first kappa shape index (κ1) is 16.5. The summed E-state index contributed by atoms with van der Waals surface area (Å²) in [6.45, 7) is 7.78. The molecule has 0 aliphatic rings. The number of quaternary nitrogens is 1. The van der Waals surface area contributed by atoms with Crippen LogP contribution in [0.25, 0.3) is 0 Å². The minimum absolute atomic E-state index is 0.621. The molecular weight excluding hydrogens is 258 g/mol. The van der Waals surface area contributed by atoms with E-state index in [1.54, 1.807) is 7.11 Å². The molecule has 3 heteroatoms. The highest BCUT2D eigenvalue weighted by Gasteiger charge is 2.16. The Morgan fingerprint density at radius 1 is 1.16 bits per heavy atom. The number of methoxy groups -OCH3 is 1. The fourth-order valence-corrected chi connectivity index (χ4v) is 2.53. The van der Waals surface area contributed by atoms with Gasteiger partial charge in [-0.05, 0) is 29.5 Å². The van der Waals surface area contributed by atoms with E-state index in [1.807, 2.05) is 12.1 Å². The summed E-state index contributed by atoms with van der Waals surface area (Å²) >= 11 is 5.95. The van der Waals surface area contributed by atoms with Crippen LogP contribution in [0.3, 0.4) is 0 Å². The van der Waals surface area contributed by atoms with Gasteiger partial charge in [0.2, 0.25) is 0 Å². The molecule has 0 saturated carbocycles. The Kier molecular flexibility index (Phi) is 8.11. The lowest BCUT2D eigenvalue weighted by atomic mass is 9.86. The number of nitrogens with two attached hydrogens (primary N) is 1. The second-order valence-corrected chi connectivity index (χ2v) is 5.84. The van der Waals surface area contributed by atoms with Gasteiger partial charge in [-0.1, -0.05) is 37.6 Å². The van der Waals surface area contributed by atoms with Crippen molar-refractivity contribution in [3.05, 3.63) is 34.9 Å². The molecule has 0 fully saturated rings. The first-order valence-electron chi connectivity index (χ1n) is 7.21. The molecule has 1 atom stereocenters. The van der Waals surface area contributed by atoms with E-state index in [-0.39, 0.29) is 0 Å². The molecule has 0 aromatic heterocycles. The Balaban J connectivity index is 2.39. The van der Waals surface area contributed by atoms with Crippen LogP contribution in [-0.4, -0.2) is 26.8 Å². The number of benzene rings is 1. The molecule has 1 aromatic carbocycles. The number of hydrogen-bond donors (Lipinski definition) is 1. The Morgan fingerprint density at radius 3 is 2.42 bits per heavy atom. The fraction of sp³-hybridized carbons (Fsp3) is 0.625. The van der Waals surface area contributed by atoms with Crippen LogP contribution in [-0.2, 0) is 4.74 Å². The smallest absolute Gasteiger partial charge is 0.0777 e. The van der Waals surface area contributed by atoms with Crippen molar-refractivity contribution in [3.63, 3.8) is 0 Å². The van der Waals surface area contributed by atoms with Gasteiger partial charge in [0.05, 0.1) is 19.7 Å². The average molecular weight is 285 g/mol. The summed E-state index contributed by atoms with van der Waals surface area (Å²) in [5.74, 6) is 1.28. The highest BCUT2D eigenvalue weighted by atomic mass is 35.5. The minimum atomic E-state index is 0.621. The van der Waals surface area contributed by atoms with Crippen molar-refractivity contribution < 1.29 is 10.1 Å². The SMILES string of the molecule is COCCC[NH2+]CC[C@@H](c1ccc(Cl)cc1)C(C)C.